The summed E-state index contributed by atoms with van der Waals surface area (Å²) in [5.74, 6) is 0.0102. The van der Waals surface area contributed by atoms with Crippen LogP contribution in [0.5, 0.6) is 0 Å². The van der Waals surface area contributed by atoms with E-state index < -0.39 is 9.84 Å². The molecule has 0 spiro atoms. The molecule has 0 fully saturated rings. The number of hydrogen-bond donors (Lipinski definition) is 2. The molecule has 1 aromatic carbocycles. The van der Waals surface area contributed by atoms with Gasteiger partial charge in [0.2, 0.25) is 0 Å². The highest BCUT2D eigenvalue weighted by atomic mass is 127. The average Bonchev–Trinajstić information content (AvgIpc) is 3.10. The second-order valence-electron chi connectivity index (χ2n) is 6.18. The molecule has 2 rings (SSSR count). The van der Waals surface area contributed by atoms with E-state index in [0.29, 0.717) is 33.0 Å². The van der Waals surface area contributed by atoms with Gasteiger partial charge in [0.15, 0.2) is 15.8 Å². The molecule has 0 aliphatic heterocycles. The van der Waals surface area contributed by atoms with Gasteiger partial charge < -0.3 is 15.4 Å². The van der Waals surface area contributed by atoms with Gasteiger partial charge in [0.25, 0.3) is 0 Å². The number of ether oxygens (including phenoxy) is 1. The first kappa shape index (κ1) is 26.3. The number of thiazole rings is 1. The molecule has 0 bridgehead atoms. The van der Waals surface area contributed by atoms with Crippen LogP contribution in [0.25, 0.3) is 0 Å². The molecule has 1 atom stereocenters. The molecule has 0 saturated heterocycles. The highest BCUT2D eigenvalue weighted by molar-refractivity contribution is 14.0. The third-order valence-electron chi connectivity index (χ3n) is 3.99. The number of aryl methyl sites for hydroxylation is 1. The van der Waals surface area contributed by atoms with Crippen molar-refractivity contribution in [2.24, 2.45) is 4.99 Å². The molecule has 0 radical (unpaired) electrons. The summed E-state index contributed by atoms with van der Waals surface area (Å²) >= 11 is 1.27. The van der Waals surface area contributed by atoms with Gasteiger partial charge in [0, 0.05) is 13.6 Å². The van der Waals surface area contributed by atoms with Crippen molar-refractivity contribution in [1.29, 1.82) is 0 Å². The third kappa shape index (κ3) is 7.20. The van der Waals surface area contributed by atoms with Crippen LogP contribution in [0, 0.1) is 6.92 Å². The Morgan fingerprint density at radius 3 is 2.57 bits per heavy atom. The lowest BCUT2D eigenvalue weighted by Crippen LogP contribution is -2.40. The standard InChI is InChI=1S/C19H26N4O4S2.HI/c1-5-27-18(24)16-13(2)22-17(28-16)14(3)23-19(20-4)21-11-12-29(25,26)15-9-7-6-8-10-15;/h6-10,14H,5,11-12H2,1-4H3,(H2,20,21,23);1H. The van der Waals surface area contributed by atoms with Crippen LogP contribution in [-0.2, 0) is 14.6 Å². The molecule has 166 valence electrons. The van der Waals surface area contributed by atoms with Crippen LogP contribution in [0.1, 0.15) is 40.3 Å². The highest BCUT2D eigenvalue weighted by Gasteiger charge is 2.20. The minimum Gasteiger partial charge on any atom is -0.462 e. The molecule has 2 N–H and O–H groups in total. The van der Waals surface area contributed by atoms with Gasteiger partial charge in [-0.2, -0.15) is 0 Å². The normalized spacial score (nSPS) is 12.6. The lowest BCUT2D eigenvalue weighted by Gasteiger charge is -2.16. The molecular weight excluding hydrogens is 539 g/mol. The van der Waals surface area contributed by atoms with Crippen molar-refractivity contribution in [3.63, 3.8) is 0 Å². The van der Waals surface area contributed by atoms with E-state index in [2.05, 4.69) is 20.6 Å². The molecule has 1 unspecified atom stereocenters. The van der Waals surface area contributed by atoms with Crippen LogP contribution in [0.4, 0.5) is 0 Å². The fourth-order valence-corrected chi connectivity index (χ4v) is 4.64. The Morgan fingerprint density at radius 1 is 1.30 bits per heavy atom. The quantitative estimate of drug-likeness (QED) is 0.219. The van der Waals surface area contributed by atoms with Gasteiger partial charge >= 0.3 is 5.97 Å². The molecule has 0 aliphatic rings. The fourth-order valence-electron chi connectivity index (χ4n) is 2.50. The number of benzene rings is 1. The molecule has 0 aliphatic carbocycles. The predicted molar refractivity (Wildman–Crippen MR) is 130 cm³/mol. The number of nitrogens with zero attached hydrogens (tertiary/aromatic N) is 2. The zero-order valence-electron chi connectivity index (χ0n) is 17.3. The summed E-state index contributed by atoms with van der Waals surface area (Å²) in [5.41, 5.74) is 0.619. The monoisotopic (exact) mass is 566 g/mol. The van der Waals surface area contributed by atoms with Crippen LogP contribution in [0.2, 0.25) is 0 Å². The molecule has 0 saturated carbocycles. The van der Waals surface area contributed by atoms with Gasteiger partial charge in [-0.1, -0.05) is 18.2 Å². The van der Waals surface area contributed by atoms with E-state index in [1.54, 1.807) is 51.2 Å². The Bertz CT molecular complexity index is 962. The SMILES string of the molecule is CCOC(=O)c1sc(C(C)NC(=NC)NCCS(=O)(=O)c2ccccc2)nc1C.I. The maximum Gasteiger partial charge on any atom is 0.350 e. The van der Waals surface area contributed by atoms with Crippen molar-refractivity contribution < 1.29 is 17.9 Å². The molecule has 1 aromatic heterocycles. The number of sulfone groups is 1. The zero-order valence-corrected chi connectivity index (χ0v) is 21.3. The molecule has 8 nitrogen and oxygen atoms in total. The van der Waals surface area contributed by atoms with Gasteiger partial charge in [-0.3, -0.25) is 4.99 Å². The Kier molecular flexibility index (Phi) is 10.7. The van der Waals surface area contributed by atoms with E-state index in [1.807, 2.05) is 6.92 Å². The second-order valence-corrected chi connectivity index (χ2v) is 9.32. The summed E-state index contributed by atoms with van der Waals surface area (Å²) in [5, 5.41) is 6.88. The first-order valence-corrected chi connectivity index (χ1v) is 11.6. The predicted octanol–water partition coefficient (Wildman–Crippen LogP) is 2.95. The summed E-state index contributed by atoms with van der Waals surface area (Å²) < 4.78 is 29.7. The minimum atomic E-state index is -3.37. The summed E-state index contributed by atoms with van der Waals surface area (Å²) in [6, 6.07) is 8.11. The fraction of sp³-hybridized carbons (Fsp3) is 0.421. The van der Waals surface area contributed by atoms with Gasteiger partial charge in [-0.05, 0) is 32.9 Å². The molecule has 1 heterocycles. The van der Waals surface area contributed by atoms with Crippen molar-refractivity contribution in [3.8, 4) is 0 Å². The van der Waals surface area contributed by atoms with E-state index in [1.165, 1.54) is 11.3 Å². The van der Waals surface area contributed by atoms with Crippen molar-refractivity contribution in [3.05, 3.63) is 45.9 Å². The summed E-state index contributed by atoms with van der Waals surface area (Å²) in [4.78, 5) is 21.3. The number of esters is 1. The number of carbonyl (C=O) groups excluding carboxylic acids is 1. The van der Waals surface area contributed by atoms with Crippen LogP contribution in [0.15, 0.2) is 40.2 Å². The first-order valence-electron chi connectivity index (χ1n) is 9.18. The van der Waals surface area contributed by atoms with E-state index in [9.17, 15) is 13.2 Å². The van der Waals surface area contributed by atoms with Crippen molar-refractivity contribution in [1.82, 2.24) is 15.6 Å². The lowest BCUT2D eigenvalue weighted by molar-refractivity contribution is 0.0531. The molecule has 11 heteroatoms. The largest absolute Gasteiger partial charge is 0.462 e. The number of aromatic nitrogens is 1. The van der Waals surface area contributed by atoms with E-state index in [4.69, 9.17) is 4.74 Å². The highest BCUT2D eigenvalue weighted by Crippen LogP contribution is 2.24. The number of aliphatic imine (C=N–C) groups is 1. The number of carbonyl (C=O) groups is 1. The van der Waals surface area contributed by atoms with Gasteiger partial charge in [-0.25, -0.2) is 18.2 Å². The van der Waals surface area contributed by atoms with Crippen LogP contribution < -0.4 is 10.6 Å². The topological polar surface area (TPSA) is 110 Å². The second kappa shape index (κ2) is 12.2. The number of nitrogens with one attached hydrogen (secondary N) is 2. The zero-order chi connectivity index (χ0) is 21.4. The third-order valence-corrected chi connectivity index (χ3v) is 7.04. The van der Waals surface area contributed by atoms with Crippen LogP contribution >= 0.6 is 35.3 Å². The van der Waals surface area contributed by atoms with E-state index in [0.717, 1.165) is 0 Å². The maximum absolute atomic E-state index is 12.4. The van der Waals surface area contributed by atoms with Crippen molar-refractivity contribution in [2.45, 2.75) is 31.7 Å². The van der Waals surface area contributed by atoms with Crippen molar-refractivity contribution >= 4 is 57.1 Å². The summed E-state index contributed by atoms with van der Waals surface area (Å²) in [6.45, 7) is 5.92. The Morgan fingerprint density at radius 2 is 1.97 bits per heavy atom. The molecule has 2 aromatic rings. The van der Waals surface area contributed by atoms with Crippen LogP contribution in [-0.4, -0.2) is 51.3 Å². The molecular formula is C19H27IN4O4S2. The molecule has 30 heavy (non-hydrogen) atoms. The minimum absolute atomic E-state index is 0. The summed E-state index contributed by atoms with van der Waals surface area (Å²) in [7, 11) is -1.77. The Balaban J connectivity index is 0.00000450. The summed E-state index contributed by atoms with van der Waals surface area (Å²) in [6.07, 6.45) is 0. The maximum atomic E-state index is 12.4. The van der Waals surface area contributed by atoms with E-state index in [-0.39, 0.29) is 48.3 Å². The van der Waals surface area contributed by atoms with Gasteiger partial charge in [0.05, 0.1) is 29.0 Å². The number of hydrogen-bond acceptors (Lipinski definition) is 7. The number of halogens is 1. The Labute approximate surface area is 198 Å². The first-order chi connectivity index (χ1) is 13.8. The van der Waals surface area contributed by atoms with Gasteiger partial charge in [0.1, 0.15) is 9.88 Å². The van der Waals surface area contributed by atoms with E-state index >= 15 is 0 Å². The average molecular weight is 566 g/mol. The molecule has 0 amide bonds. The van der Waals surface area contributed by atoms with Gasteiger partial charge in [-0.15, -0.1) is 35.3 Å². The number of guanidine groups is 1. The van der Waals surface area contributed by atoms with Crippen molar-refractivity contribution in [2.75, 3.05) is 26.0 Å². The lowest BCUT2D eigenvalue weighted by atomic mass is 10.3. The number of rotatable bonds is 8. The smallest absolute Gasteiger partial charge is 0.350 e. The Hall–Kier alpha value is -1.73. The van der Waals surface area contributed by atoms with Crippen LogP contribution in [0.3, 0.4) is 0 Å².